The fraction of sp³-hybridized carbons (Fsp3) is 0.722. The van der Waals surface area contributed by atoms with Crippen molar-refractivity contribution in [1.29, 1.82) is 0 Å². The molecule has 7 nitrogen and oxygen atoms in total. The number of carbonyl (C=O) groups excluding carboxylic acids is 1. The van der Waals surface area contributed by atoms with Gasteiger partial charge in [0.2, 0.25) is 5.91 Å². The van der Waals surface area contributed by atoms with Gasteiger partial charge in [0, 0.05) is 44.6 Å². The van der Waals surface area contributed by atoms with Crippen molar-refractivity contribution in [3.05, 3.63) is 17.0 Å². The lowest BCUT2D eigenvalue weighted by Crippen LogP contribution is -2.40. The maximum atomic E-state index is 12.1. The van der Waals surface area contributed by atoms with Gasteiger partial charge in [-0.1, -0.05) is 19.0 Å². The van der Waals surface area contributed by atoms with Crippen LogP contribution < -0.4 is 10.6 Å². The smallest absolute Gasteiger partial charge is 0.224 e. The third kappa shape index (κ3) is 6.40. The van der Waals surface area contributed by atoms with Gasteiger partial charge >= 0.3 is 0 Å². The molecule has 0 unspecified atom stereocenters. The highest BCUT2D eigenvalue weighted by atomic mass is 16.5. The van der Waals surface area contributed by atoms with Crippen molar-refractivity contribution in [2.75, 3.05) is 26.2 Å². The van der Waals surface area contributed by atoms with Crippen LogP contribution in [-0.2, 0) is 24.2 Å². The molecule has 0 atom stereocenters. The largest absolute Gasteiger partial charge is 0.361 e. The summed E-state index contributed by atoms with van der Waals surface area (Å²) in [6, 6.07) is 0. The van der Waals surface area contributed by atoms with Gasteiger partial charge in [0.1, 0.15) is 5.76 Å². The Morgan fingerprint density at radius 2 is 1.84 bits per heavy atom. The van der Waals surface area contributed by atoms with Gasteiger partial charge in [0.05, 0.1) is 12.2 Å². The number of aromatic nitrogens is 1. The SMILES string of the molecule is CCNC(=NCc1c(CC)noc1CC)NCCC(=O)N(CC)CC. The van der Waals surface area contributed by atoms with E-state index >= 15 is 0 Å². The minimum absolute atomic E-state index is 0.161. The van der Waals surface area contributed by atoms with Crippen LogP contribution in [0.1, 0.15) is 58.1 Å². The summed E-state index contributed by atoms with van der Waals surface area (Å²) < 4.78 is 5.38. The molecule has 0 bridgehead atoms. The van der Waals surface area contributed by atoms with Crippen molar-refractivity contribution in [3.8, 4) is 0 Å². The first-order valence-corrected chi connectivity index (χ1v) is 9.37. The third-order valence-electron chi connectivity index (χ3n) is 4.09. The zero-order valence-electron chi connectivity index (χ0n) is 16.3. The molecule has 0 aromatic carbocycles. The van der Waals surface area contributed by atoms with Gasteiger partial charge in [-0.05, 0) is 27.2 Å². The highest BCUT2D eigenvalue weighted by Gasteiger charge is 2.13. The van der Waals surface area contributed by atoms with E-state index in [4.69, 9.17) is 4.52 Å². The predicted molar refractivity (Wildman–Crippen MR) is 101 cm³/mol. The highest BCUT2D eigenvalue weighted by molar-refractivity contribution is 5.81. The summed E-state index contributed by atoms with van der Waals surface area (Å²) >= 11 is 0. The van der Waals surface area contributed by atoms with Gasteiger partial charge in [-0.2, -0.15) is 0 Å². The van der Waals surface area contributed by atoms with Crippen LogP contribution in [0.3, 0.4) is 0 Å². The lowest BCUT2D eigenvalue weighted by molar-refractivity contribution is -0.130. The first kappa shape index (κ1) is 21.0. The summed E-state index contributed by atoms with van der Waals surface area (Å²) in [7, 11) is 0. The zero-order chi connectivity index (χ0) is 18.7. The number of aliphatic imine (C=N–C) groups is 1. The zero-order valence-corrected chi connectivity index (χ0v) is 16.3. The summed E-state index contributed by atoms with van der Waals surface area (Å²) in [5, 5.41) is 10.6. The van der Waals surface area contributed by atoms with Crippen molar-refractivity contribution >= 4 is 11.9 Å². The van der Waals surface area contributed by atoms with Crippen LogP contribution in [0.2, 0.25) is 0 Å². The Balaban J connectivity index is 2.66. The molecular formula is C18H33N5O2. The van der Waals surface area contributed by atoms with Crippen LogP contribution in [0.25, 0.3) is 0 Å². The topological polar surface area (TPSA) is 82.8 Å². The summed E-state index contributed by atoms with van der Waals surface area (Å²) in [4.78, 5) is 18.5. The summed E-state index contributed by atoms with van der Waals surface area (Å²) in [6.07, 6.45) is 2.09. The average Bonchev–Trinajstić information content (AvgIpc) is 3.02. The molecule has 0 aliphatic carbocycles. The van der Waals surface area contributed by atoms with Gasteiger partial charge in [0.25, 0.3) is 0 Å². The van der Waals surface area contributed by atoms with E-state index in [9.17, 15) is 4.79 Å². The maximum Gasteiger partial charge on any atom is 0.224 e. The molecule has 0 aliphatic rings. The second-order valence-electron chi connectivity index (χ2n) is 5.68. The Morgan fingerprint density at radius 1 is 1.12 bits per heavy atom. The van der Waals surface area contributed by atoms with E-state index in [-0.39, 0.29) is 5.91 Å². The number of rotatable bonds is 10. The van der Waals surface area contributed by atoms with E-state index in [1.807, 2.05) is 25.7 Å². The first-order chi connectivity index (χ1) is 12.1. The maximum absolute atomic E-state index is 12.1. The van der Waals surface area contributed by atoms with Crippen LogP contribution in [0.4, 0.5) is 0 Å². The summed E-state index contributed by atoms with van der Waals surface area (Å²) in [6.45, 7) is 13.5. The van der Waals surface area contributed by atoms with Crippen LogP contribution in [-0.4, -0.2) is 48.1 Å². The molecule has 0 fully saturated rings. The molecule has 0 aliphatic heterocycles. The van der Waals surface area contributed by atoms with Crippen LogP contribution in [0, 0.1) is 0 Å². The number of nitrogens with zero attached hydrogens (tertiary/aromatic N) is 3. The molecule has 1 amide bonds. The van der Waals surface area contributed by atoms with Crippen molar-refractivity contribution in [3.63, 3.8) is 0 Å². The second-order valence-corrected chi connectivity index (χ2v) is 5.68. The van der Waals surface area contributed by atoms with Gasteiger partial charge in [-0.3, -0.25) is 4.79 Å². The van der Waals surface area contributed by atoms with Gasteiger partial charge in [0.15, 0.2) is 5.96 Å². The molecule has 2 N–H and O–H groups in total. The second kappa shape index (κ2) is 11.5. The molecule has 1 aromatic heterocycles. The van der Waals surface area contributed by atoms with Crippen molar-refractivity contribution in [2.24, 2.45) is 4.99 Å². The minimum Gasteiger partial charge on any atom is -0.361 e. The molecule has 1 heterocycles. The van der Waals surface area contributed by atoms with Gasteiger partial charge < -0.3 is 20.1 Å². The Hall–Kier alpha value is -2.05. The Morgan fingerprint density at radius 3 is 2.40 bits per heavy atom. The number of amides is 1. The molecule has 142 valence electrons. The van der Waals surface area contributed by atoms with Crippen LogP contribution in [0.5, 0.6) is 0 Å². The average molecular weight is 351 g/mol. The van der Waals surface area contributed by atoms with Crippen molar-refractivity contribution in [2.45, 2.75) is 60.4 Å². The number of hydrogen-bond donors (Lipinski definition) is 2. The molecule has 0 radical (unpaired) electrons. The van der Waals surface area contributed by atoms with E-state index in [0.29, 0.717) is 25.5 Å². The molecule has 0 saturated heterocycles. The molecule has 25 heavy (non-hydrogen) atoms. The first-order valence-electron chi connectivity index (χ1n) is 9.37. The Labute approximate surface area is 151 Å². The van der Waals surface area contributed by atoms with E-state index in [1.165, 1.54) is 0 Å². The van der Waals surface area contributed by atoms with E-state index in [1.54, 1.807) is 0 Å². The normalized spacial score (nSPS) is 11.5. The quantitative estimate of drug-likeness (QED) is 0.498. The summed E-state index contributed by atoms with van der Waals surface area (Å²) in [5.41, 5.74) is 2.04. The lowest BCUT2D eigenvalue weighted by atomic mass is 10.1. The Kier molecular flexibility index (Phi) is 9.65. The highest BCUT2D eigenvalue weighted by Crippen LogP contribution is 2.16. The van der Waals surface area contributed by atoms with Gasteiger partial charge in [-0.15, -0.1) is 0 Å². The molecule has 7 heteroatoms. The molecule has 1 rings (SSSR count). The number of guanidine groups is 1. The molecule has 1 aromatic rings. The number of nitrogens with one attached hydrogen (secondary N) is 2. The lowest BCUT2D eigenvalue weighted by Gasteiger charge is -2.19. The number of hydrogen-bond acceptors (Lipinski definition) is 4. The third-order valence-corrected chi connectivity index (χ3v) is 4.09. The van der Waals surface area contributed by atoms with Crippen molar-refractivity contribution < 1.29 is 9.32 Å². The monoisotopic (exact) mass is 351 g/mol. The fourth-order valence-electron chi connectivity index (χ4n) is 2.64. The predicted octanol–water partition coefficient (Wildman–Crippen LogP) is 2.11. The Bertz CT molecular complexity index is 528. The van der Waals surface area contributed by atoms with Crippen LogP contribution in [0.15, 0.2) is 9.52 Å². The van der Waals surface area contributed by atoms with E-state index in [2.05, 4.69) is 34.6 Å². The molecular weight excluding hydrogens is 318 g/mol. The van der Waals surface area contributed by atoms with Gasteiger partial charge in [-0.25, -0.2) is 4.99 Å². The van der Waals surface area contributed by atoms with E-state index in [0.717, 1.165) is 49.5 Å². The number of carbonyl (C=O) groups is 1. The van der Waals surface area contributed by atoms with Crippen molar-refractivity contribution in [1.82, 2.24) is 20.7 Å². The van der Waals surface area contributed by atoms with Crippen LogP contribution >= 0.6 is 0 Å². The number of aryl methyl sites for hydroxylation is 2. The van der Waals surface area contributed by atoms with E-state index < -0.39 is 0 Å². The minimum atomic E-state index is 0.161. The summed E-state index contributed by atoms with van der Waals surface area (Å²) in [5.74, 6) is 1.77. The standard InChI is InChI=1S/C18H33N5O2/c1-6-15-14(16(7-2)25-22-15)13-21-18(19-8-3)20-12-11-17(24)23(9-4)10-5/h6-13H2,1-5H3,(H2,19,20,21). The molecule has 0 saturated carbocycles. The molecule has 0 spiro atoms. The fourth-order valence-corrected chi connectivity index (χ4v) is 2.64.